The van der Waals surface area contributed by atoms with E-state index in [1.807, 2.05) is 30.3 Å². The van der Waals surface area contributed by atoms with E-state index in [9.17, 15) is 0 Å². The van der Waals surface area contributed by atoms with Gasteiger partial charge in [0.2, 0.25) is 0 Å². The summed E-state index contributed by atoms with van der Waals surface area (Å²) in [6.45, 7) is 5.19. The maximum Gasteiger partial charge on any atom is 0.0342 e. The maximum absolute atomic E-state index is 5.62. The number of nitrogens with one attached hydrogen (secondary N) is 1. The van der Waals surface area contributed by atoms with Crippen LogP contribution in [-0.2, 0) is 0 Å². The maximum atomic E-state index is 5.62. The van der Waals surface area contributed by atoms with Gasteiger partial charge >= 0.3 is 0 Å². The second-order valence-electron chi connectivity index (χ2n) is 5.01. The van der Waals surface area contributed by atoms with Gasteiger partial charge in [-0.2, -0.15) is 0 Å². The van der Waals surface area contributed by atoms with Crippen LogP contribution >= 0.6 is 0 Å². The van der Waals surface area contributed by atoms with E-state index in [4.69, 9.17) is 5.73 Å². The molecule has 0 bridgehead atoms. The zero-order valence-corrected chi connectivity index (χ0v) is 12.6. The molecule has 0 fully saturated rings. The smallest absolute Gasteiger partial charge is 0.0342 e. The van der Waals surface area contributed by atoms with Gasteiger partial charge in [-0.15, -0.1) is 0 Å². The number of nitrogens with two attached hydrogens (primary N) is 1. The van der Waals surface area contributed by atoms with Crippen molar-refractivity contribution in [1.29, 1.82) is 0 Å². The molecule has 0 radical (unpaired) electrons. The van der Waals surface area contributed by atoms with E-state index in [1.54, 1.807) is 0 Å². The van der Waals surface area contributed by atoms with Gasteiger partial charge in [-0.25, -0.2) is 0 Å². The summed E-state index contributed by atoms with van der Waals surface area (Å²) in [5.41, 5.74) is 8.96. The molecule has 0 heterocycles. The molecule has 2 heteroatoms. The molecule has 0 aliphatic carbocycles. The Morgan fingerprint density at radius 2 is 1.62 bits per heavy atom. The van der Waals surface area contributed by atoms with Crippen molar-refractivity contribution in [3.63, 3.8) is 0 Å². The fourth-order valence-electron chi connectivity index (χ4n) is 2.17. The number of nitrogen functional groups attached to an aromatic ring is 1. The Balaban J connectivity index is 0.000000155. The van der Waals surface area contributed by atoms with E-state index in [0.717, 1.165) is 12.2 Å². The van der Waals surface area contributed by atoms with E-state index >= 15 is 0 Å². The lowest BCUT2D eigenvalue weighted by molar-refractivity contribution is 1.21. The molecule has 0 saturated carbocycles. The second kappa shape index (κ2) is 7.34. The van der Waals surface area contributed by atoms with Gasteiger partial charge in [0.05, 0.1) is 0 Å². The van der Waals surface area contributed by atoms with E-state index < -0.39 is 0 Å². The van der Waals surface area contributed by atoms with Gasteiger partial charge in [-0.1, -0.05) is 42.5 Å². The molecule has 0 aromatic heterocycles. The van der Waals surface area contributed by atoms with Gasteiger partial charge in [-0.3, -0.25) is 0 Å². The Bertz CT molecular complexity index is 705. The van der Waals surface area contributed by atoms with Crippen LogP contribution in [-0.4, -0.2) is 6.54 Å². The standard InChI is InChI=1S/C10H9N.C9H13N/c11-10-6-5-8-3-1-2-4-9(8)7-10;1-3-10-9-6-4-5-8(2)7-9/h1-7H,11H2;4-7,10H,3H2,1-2H3. The van der Waals surface area contributed by atoms with Gasteiger partial charge in [0, 0.05) is 17.9 Å². The molecule has 0 unspecified atom stereocenters. The Morgan fingerprint density at radius 1 is 0.857 bits per heavy atom. The average Bonchev–Trinajstić information content (AvgIpc) is 2.48. The zero-order chi connectivity index (χ0) is 15.1. The lowest BCUT2D eigenvalue weighted by atomic mass is 10.1. The van der Waals surface area contributed by atoms with Crippen molar-refractivity contribution in [1.82, 2.24) is 0 Å². The zero-order valence-electron chi connectivity index (χ0n) is 12.6. The van der Waals surface area contributed by atoms with Crippen molar-refractivity contribution in [2.24, 2.45) is 0 Å². The first-order valence-electron chi connectivity index (χ1n) is 7.24. The van der Waals surface area contributed by atoms with E-state index in [1.165, 1.54) is 22.0 Å². The van der Waals surface area contributed by atoms with Crippen LogP contribution in [0.1, 0.15) is 12.5 Å². The van der Waals surface area contributed by atoms with E-state index in [0.29, 0.717) is 0 Å². The van der Waals surface area contributed by atoms with E-state index in [2.05, 4.69) is 55.6 Å². The molecule has 0 atom stereocenters. The molecule has 3 aromatic carbocycles. The third-order valence-electron chi connectivity index (χ3n) is 3.17. The molecule has 21 heavy (non-hydrogen) atoms. The van der Waals surface area contributed by atoms with Crippen molar-refractivity contribution in [3.05, 3.63) is 72.3 Å². The number of benzene rings is 3. The summed E-state index contributed by atoms with van der Waals surface area (Å²) in [7, 11) is 0. The van der Waals surface area contributed by atoms with Crippen molar-refractivity contribution < 1.29 is 0 Å². The first kappa shape index (κ1) is 14.9. The first-order valence-corrected chi connectivity index (χ1v) is 7.24. The minimum Gasteiger partial charge on any atom is -0.399 e. The fourth-order valence-corrected chi connectivity index (χ4v) is 2.17. The lowest BCUT2D eigenvalue weighted by Gasteiger charge is -2.02. The van der Waals surface area contributed by atoms with Crippen LogP contribution < -0.4 is 11.1 Å². The van der Waals surface area contributed by atoms with Crippen LogP contribution in [0.3, 0.4) is 0 Å². The Hall–Kier alpha value is -2.48. The number of aryl methyl sites for hydroxylation is 1. The van der Waals surface area contributed by atoms with Gasteiger partial charge in [0.15, 0.2) is 0 Å². The van der Waals surface area contributed by atoms with Crippen molar-refractivity contribution in [2.75, 3.05) is 17.6 Å². The number of hydrogen-bond donors (Lipinski definition) is 2. The predicted octanol–water partition coefficient (Wildman–Crippen LogP) is 4.85. The average molecular weight is 278 g/mol. The molecule has 0 aliphatic heterocycles. The molecule has 3 rings (SSSR count). The largest absolute Gasteiger partial charge is 0.399 e. The second-order valence-corrected chi connectivity index (χ2v) is 5.01. The highest BCUT2D eigenvalue weighted by Crippen LogP contribution is 2.16. The van der Waals surface area contributed by atoms with Crippen LogP contribution in [0.15, 0.2) is 66.7 Å². The molecule has 0 aliphatic rings. The summed E-state index contributed by atoms with van der Waals surface area (Å²) < 4.78 is 0. The van der Waals surface area contributed by atoms with Crippen LogP contribution in [0.25, 0.3) is 10.8 Å². The summed E-state index contributed by atoms with van der Waals surface area (Å²) in [4.78, 5) is 0. The van der Waals surface area contributed by atoms with Crippen LogP contribution in [0.2, 0.25) is 0 Å². The van der Waals surface area contributed by atoms with Crippen LogP contribution in [0.4, 0.5) is 11.4 Å². The quantitative estimate of drug-likeness (QED) is 0.658. The highest BCUT2D eigenvalue weighted by atomic mass is 14.8. The normalized spacial score (nSPS) is 9.81. The Kier molecular flexibility index (Phi) is 5.22. The van der Waals surface area contributed by atoms with Gasteiger partial charge in [-0.05, 0) is 54.4 Å². The number of rotatable bonds is 2. The summed E-state index contributed by atoms with van der Waals surface area (Å²) in [5, 5.41) is 5.69. The number of fused-ring (bicyclic) bond motifs is 1. The van der Waals surface area contributed by atoms with Crippen LogP contribution in [0, 0.1) is 6.92 Å². The molecule has 3 aromatic rings. The van der Waals surface area contributed by atoms with Gasteiger partial charge in [0.25, 0.3) is 0 Å². The topological polar surface area (TPSA) is 38.0 Å². The minimum atomic E-state index is 0.823. The van der Waals surface area contributed by atoms with Gasteiger partial charge < -0.3 is 11.1 Å². The Labute approximate surface area is 126 Å². The third kappa shape index (κ3) is 4.53. The summed E-state index contributed by atoms with van der Waals surface area (Å²) in [6, 6.07) is 22.5. The third-order valence-corrected chi connectivity index (χ3v) is 3.17. The molecule has 0 saturated heterocycles. The molecule has 108 valence electrons. The summed E-state index contributed by atoms with van der Waals surface area (Å²) in [6.07, 6.45) is 0. The SMILES string of the molecule is CCNc1cccc(C)c1.Nc1ccc2ccccc2c1. The van der Waals surface area contributed by atoms with Crippen LogP contribution in [0.5, 0.6) is 0 Å². The van der Waals surface area contributed by atoms with Crippen molar-refractivity contribution in [3.8, 4) is 0 Å². The summed E-state index contributed by atoms with van der Waals surface area (Å²) in [5.74, 6) is 0. The molecule has 0 spiro atoms. The fraction of sp³-hybridized carbons (Fsp3) is 0.158. The highest BCUT2D eigenvalue weighted by Gasteiger charge is 1.90. The number of anilines is 2. The lowest BCUT2D eigenvalue weighted by Crippen LogP contribution is -1.95. The molecular formula is C19H22N2. The molecular weight excluding hydrogens is 256 g/mol. The van der Waals surface area contributed by atoms with Crippen molar-refractivity contribution in [2.45, 2.75) is 13.8 Å². The van der Waals surface area contributed by atoms with Gasteiger partial charge in [0.1, 0.15) is 0 Å². The molecule has 3 N–H and O–H groups in total. The first-order chi connectivity index (χ1) is 10.2. The van der Waals surface area contributed by atoms with Crippen molar-refractivity contribution >= 4 is 22.1 Å². The van der Waals surface area contributed by atoms with E-state index in [-0.39, 0.29) is 0 Å². The number of hydrogen-bond acceptors (Lipinski definition) is 2. The molecule has 2 nitrogen and oxygen atoms in total. The minimum absolute atomic E-state index is 0.823. The summed E-state index contributed by atoms with van der Waals surface area (Å²) >= 11 is 0. The molecule has 0 amide bonds. The highest BCUT2D eigenvalue weighted by molar-refractivity contribution is 5.85. The predicted molar refractivity (Wildman–Crippen MR) is 93.7 cm³/mol. The Morgan fingerprint density at radius 3 is 2.33 bits per heavy atom. The monoisotopic (exact) mass is 278 g/mol.